The molecule has 0 unspecified atom stereocenters. The van der Waals surface area contributed by atoms with Gasteiger partial charge in [0, 0.05) is 18.2 Å². The summed E-state index contributed by atoms with van der Waals surface area (Å²) >= 11 is 0. The van der Waals surface area contributed by atoms with Crippen LogP contribution in [0, 0.1) is 10.1 Å². The Labute approximate surface area is 115 Å². The molecule has 0 spiro atoms. The maximum absolute atomic E-state index is 11.3. The third-order valence-corrected chi connectivity index (χ3v) is 2.11. The van der Waals surface area contributed by atoms with Crippen LogP contribution < -0.4 is 10.7 Å². The number of hydrazone groups is 1. The van der Waals surface area contributed by atoms with Gasteiger partial charge >= 0.3 is 11.8 Å². The second-order valence-electron chi connectivity index (χ2n) is 4.18. The zero-order valence-corrected chi connectivity index (χ0v) is 11.0. The Kier molecular flexibility index (Phi) is 5.33. The zero-order valence-electron chi connectivity index (χ0n) is 11.0. The first-order valence-corrected chi connectivity index (χ1v) is 5.78. The van der Waals surface area contributed by atoms with E-state index in [4.69, 9.17) is 0 Å². The van der Waals surface area contributed by atoms with Crippen molar-refractivity contribution in [3.05, 3.63) is 39.9 Å². The van der Waals surface area contributed by atoms with E-state index in [0.717, 1.165) is 0 Å². The topological polar surface area (TPSA) is 114 Å². The van der Waals surface area contributed by atoms with E-state index in [0.29, 0.717) is 5.56 Å². The fraction of sp³-hybridized carbons (Fsp3) is 0.250. The Bertz CT molecular complexity index is 537. The number of nitro benzene ring substituents is 1. The molecule has 0 radical (unpaired) electrons. The number of nitrogens with zero attached hydrogens (tertiary/aromatic N) is 2. The number of hydrogen-bond donors (Lipinski definition) is 2. The molecule has 0 aromatic heterocycles. The van der Waals surface area contributed by atoms with E-state index in [1.54, 1.807) is 13.8 Å². The number of amides is 2. The molecule has 0 aliphatic rings. The van der Waals surface area contributed by atoms with E-state index in [1.165, 1.54) is 30.5 Å². The van der Waals surface area contributed by atoms with Crippen LogP contribution in [0.15, 0.2) is 29.4 Å². The van der Waals surface area contributed by atoms with E-state index in [2.05, 4.69) is 15.8 Å². The molecule has 0 aliphatic carbocycles. The summed E-state index contributed by atoms with van der Waals surface area (Å²) in [5.74, 6) is -1.65. The molecule has 2 N–H and O–H groups in total. The minimum atomic E-state index is -0.878. The molecule has 0 atom stereocenters. The molecule has 0 saturated carbocycles. The number of benzene rings is 1. The van der Waals surface area contributed by atoms with E-state index in [-0.39, 0.29) is 11.7 Å². The van der Waals surface area contributed by atoms with Crippen LogP contribution >= 0.6 is 0 Å². The van der Waals surface area contributed by atoms with Crippen LogP contribution in [0.3, 0.4) is 0 Å². The lowest BCUT2D eigenvalue weighted by atomic mass is 10.2. The molecule has 1 rings (SSSR count). The highest BCUT2D eigenvalue weighted by Crippen LogP contribution is 2.10. The molecular formula is C12H14N4O4. The predicted molar refractivity (Wildman–Crippen MR) is 72.1 cm³/mol. The van der Waals surface area contributed by atoms with Crippen LogP contribution in [0.4, 0.5) is 5.69 Å². The van der Waals surface area contributed by atoms with Crippen molar-refractivity contribution in [1.82, 2.24) is 10.7 Å². The Morgan fingerprint density at radius 1 is 1.25 bits per heavy atom. The number of hydrogen-bond acceptors (Lipinski definition) is 5. The largest absolute Gasteiger partial charge is 0.346 e. The molecule has 8 nitrogen and oxygen atoms in total. The third kappa shape index (κ3) is 4.84. The molecule has 1 aromatic carbocycles. The van der Waals surface area contributed by atoms with Gasteiger partial charge in [0.05, 0.1) is 11.1 Å². The van der Waals surface area contributed by atoms with Crippen molar-refractivity contribution in [3.63, 3.8) is 0 Å². The van der Waals surface area contributed by atoms with E-state index < -0.39 is 16.7 Å². The Balaban J connectivity index is 2.54. The number of carbonyl (C=O) groups excluding carboxylic acids is 2. The van der Waals surface area contributed by atoms with Gasteiger partial charge in [0.1, 0.15) is 0 Å². The van der Waals surface area contributed by atoms with Crippen LogP contribution in [-0.2, 0) is 9.59 Å². The van der Waals surface area contributed by atoms with Crippen molar-refractivity contribution in [2.24, 2.45) is 5.10 Å². The van der Waals surface area contributed by atoms with Crippen LogP contribution in [0.5, 0.6) is 0 Å². The van der Waals surface area contributed by atoms with Crippen LogP contribution in [-0.4, -0.2) is 29.0 Å². The van der Waals surface area contributed by atoms with E-state index >= 15 is 0 Å². The molecular weight excluding hydrogens is 264 g/mol. The highest BCUT2D eigenvalue weighted by atomic mass is 16.6. The van der Waals surface area contributed by atoms with Crippen molar-refractivity contribution in [3.8, 4) is 0 Å². The molecule has 0 bridgehead atoms. The van der Waals surface area contributed by atoms with Crippen molar-refractivity contribution in [2.75, 3.05) is 0 Å². The summed E-state index contributed by atoms with van der Waals surface area (Å²) in [5, 5.41) is 16.4. The lowest BCUT2D eigenvalue weighted by Crippen LogP contribution is -2.41. The van der Waals surface area contributed by atoms with Gasteiger partial charge in [0.25, 0.3) is 5.69 Å². The minimum absolute atomic E-state index is 0.0394. The van der Waals surface area contributed by atoms with Crippen molar-refractivity contribution >= 4 is 23.7 Å². The number of non-ortho nitro benzene ring substituents is 1. The highest BCUT2D eigenvalue weighted by molar-refractivity contribution is 6.35. The molecule has 2 amide bonds. The van der Waals surface area contributed by atoms with E-state index in [9.17, 15) is 19.7 Å². The SMILES string of the molecule is CC(C)NC(=O)C(=O)N/N=C/c1ccc([N+](=O)[O-])cc1. The lowest BCUT2D eigenvalue weighted by molar-refractivity contribution is -0.384. The molecule has 0 saturated heterocycles. The Morgan fingerprint density at radius 3 is 2.35 bits per heavy atom. The third-order valence-electron chi connectivity index (χ3n) is 2.11. The van der Waals surface area contributed by atoms with Crippen molar-refractivity contribution in [1.29, 1.82) is 0 Å². The first-order chi connectivity index (χ1) is 9.40. The van der Waals surface area contributed by atoms with Gasteiger partial charge in [-0.25, -0.2) is 5.43 Å². The smallest absolute Gasteiger partial charge is 0.329 e. The predicted octanol–water partition coefficient (Wildman–Crippen LogP) is 0.569. The maximum Gasteiger partial charge on any atom is 0.329 e. The van der Waals surface area contributed by atoms with Gasteiger partial charge in [-0.3, -0.25) is 19.7 Å². The molecule has 1 aromatic rings. The van der Waals surface area contributed by atoms with Gasteiger partial charge < -0.3 is 5.32 Å². The van der Waals surface area contributed by atoms with Gasteiger partial charge in [-0.1, -0.05) is 0 Å². The minimum Gasteiger partial charge on any atom is -0.346 e. The van der Waals surface area contributed by atoms with Gasteiger partial charge in [-0.05, 0) is 31.5 Å². The van der Waals surface area contributed by atoms with Gasteiger partial charge in [0.15, 0.2) is 0 Å². The molecule has 0 aliphatic heterocycles. The van der Waals surface area contributed by atoms with Gasteiger partial charge in [-0.2, -0.15) is 5.10 Å². The summed E-state index contributed by atoms with van der Waals surface area (Å²) in [6, 6.07) is 5.43. The second-order valence-corrected chi connectivity index (χ2v) is 4.18. The fourth-order valence-corrected chi connectivity index (χ4v) is 1.23. The van der Waals surface area contributed by atoms with Crippen LogP contribution in [0.2, 0.25) is 0 Å². The van der Waals surface area contributed by atoms with Crippen LogP contribution in [0.25, 0.3) is 0 Å². The average molecular weight is 278 g/mol. The quantitative estimate of drug-likeness (QED) is 0.362. The number of nitrogens with one attached hydrogen (secondary N) is 2. The monoisotopic (exact) mass is 278 g/mol. The van der Waals surface area contributed by atoms with E-state index in [1.807, 2.05) is 0 Å². The standard InChI is InChI=1S/C12H14N4O4/c1-8(2)14-11(17)12(18)15-13-7-9-3-5-10(6-4-9)16(19)20/h3-8H,1-2H3,(H,14,17)(H,15,18)/b13-7+. The summed E-state index contributed by atoms with van der Waals surface area (Å²) in [4.78, 5) is 32.5. The molecule has 106 valence electrons. The number of nitro groups is 1. The molecule has 8 heteroatoms. The molecule has 0 fully saturated rings. The maximum atomic E-state index is 11.3. The lowest BCUT2D eigenvalue weighted by Gasteiger charge is -2.05. The van der Waals surface area contributed by atoms with Crippen molar-refractivity contribution in [2.45, 2.75) is 19.9 Å². The summed E-state index contributed by atoms with van der Waals surface area (Å²) in [6.07, 6.45) is 1.28. The average Bonchev–Trinajstić information content (AvgIpc) is 2.38. The zero-order chi connectivity index (χ0) is 15.1. The Hall–Kier alpha value is -2.77. The summed E-state index contributed by atoms with van der Waals surface area (Å²) in [5.41, 5.74) is 2.57. The number of rotatable bonds is 4. The number of carbonyl (C=O) groups is 2. The fourth-order valence-electron chi connectivity index (χ4n) is 1.23. The summed E-state index contributed by atoms with van der Waals surface area (Å²) in [6.45, 7) is 3.46. The molecule has 20 heavy (non-hydrogen) atoms. The van der Waals surface area contributed by atoms with Crippen LogP contribution in [0.1, 0.15) is 19.4 Å². The molecule has 0 heterocycles. The Morgan fingerprint density at radius 2 is 1.85 bits per heavy atom. The van der Waals surface area contributed by atoms with Crippen molar-refractivity contribution < 1.29 is 14.5 Å². The summed E-state index contributed by atoms with van der Waals surface area (Å²) in [7, 11) is 0. The summed E-state index contributed by atoms with van der Waals surface area (Å²) < 4.78 is 0. The first kappa shape index (κ1) is 15.3. The van der Waals surface area contributed by atoms with Gasteiger partial charge in [0.2, 0.25) is 0 Å². The highest BCUT2D eigenvalue weighted by Gasteiger charge is 2.12. The first-order valence-electron chi connectivity index (χ1n) is 5.78. The van der Waals surface area contributed by atoms with Gasteiger partial charge in [-0.15, -0.1) is 0 Å². The normalized spacial score (nSPS) is 10.6. The second kappa shape index (κ2) is 6.98.